The minimum Gasteiger partial charge on any atom is -0.556 e. The Morgan fingerprint density at radius 1 is 1.21 bits per heavy atom. The van der Waals surface area contributed by atoms with Crippen molar-refractivity contribution in [3.05, 3.63) is 41.5 Å². The van der Waals surface area contributed by atoms with Gasteiger partial charge in [-0.3, -0.25) is 0 Å². The third-order valence-corrected chi connectivity index (χ3v) is 2.34. The Morgan fingerprint density at radius 2 is 1.89 bits per heavy atom. The van der Waals surface area contributed by atoms with Crippen molar-refractivity contribution in [2.45, 2.75) is 13.8 Å². The largest absolute Gasteiger partial charge is 1.00 e. The van der Waals surface area contributed by atoms with Crippen molar-refractivity contribution in [2.24, 2.45) is 0 Å². The molecule has 0 aliphatic carbocycles. The van der Waals surface area contributed by atoms with Crippen LogP contribution in [-0.4, -0.2) is 20.9 Å². The number of rotatable bonds is 2. The molecule has 5 nitrogen and oxygen atoms in total. The number of hydrogen-bond donors (Lipinski definition) is 0. The molecule has 0 fully saturated rings. The van der Waals surface area contributed by atoms with Crippen molar-refractivity contribution in [1.29, 1.82) is 0 Å². The fourth-order valence-electron chi connectivity index (χ4n) is 1.46. The van der Waals surface area contributed by atoms with Gasteiger partial charge in [0.2, 0.25) is 0 Å². The predicted octanol–water partition coefficient (Wildman–Crippen LogP) is -5.67. The van der Waals surface area contributed by atoms with Crippen molar-refractivity contribution in [1.82, 2.24) is 15.0 Å². The molecule has 19 heavy (non-hydrogen) atoms. The number of nitrogens with zero attached hydrogens (tertiary/aromatic N) is 3. The predicted molar refractivity (Wildman–Crippen MR) is 57.9 cm³/mol. The van der Waals surface area contributed by atoms with Crippen LogP contribution in [0.5, 0.6) is 0 Å². The second-order valence-electron chi connectivity index (χ2n) is 3.69. The molecule has 0 N–H and O–H groups in total. The van der Waals surface area contributed by atoms with E-state index in [4.69, 9.17) is 0 Å². The maximum absolute atomic E-state index is 10.7. The number of aromatic carboxylic acids is 1. The molecule has 0 atom stereocenters. The number of carboxylic acid groups (broad SMARTS) is 1. The molecule has 0 radical (unpaired) electrons. The van der Waals surface area contributed by atoms with E-state index < -0.39 is 11.8 Å². The van der Waals surface area contributed by atoms with Gasteiger partial charge in [0, 0.05) is 12.2 Å². The normalized spacial score (nSPS) is 9.16. The summed E-state index contributed by atoms with van der Waals surface area (Å²) in [6.07, 6.45) is 2.27. The monoisotopic (exact) mass is 241 g/mol. The van der Waals surface area contributed by atoms with Crippen molar-refractivity contribution in [3.63, 3.8) is 0 Å². The van der Waals surface area contributed by atoms with Gasteiger partial charge in [0.05, 0.1) is 11.8 Å². The van der Waals surface area contributed by atoms with Crippen molar-refractivity contribution in [2.75, 3.05) is 0 Å². The van der Waals surface area contributed by atoms with Crippen LogP contribution in [0.2, 0.25) is 0 Å². The van der Waals surface area contributed by atoms with Crippen LogP contribution in [-0.2, 0) is 0 Å². The van der Waals surface area contributed by atoms with Crippen molar-refractivity contribution >= 4 is 5.97 Å². The number of benzene rings is 1. The zero-order valence-corrected chi connectivity index (χ0v) is 11.4. The van der Waals surface area contributed by atoms with Gasteiger partial charge in [-0.15, -0.1) is 0 Å². The van der Waals surface area contributed by atoms with E-state index in [1.165, 1.54) is 0 Å². The Bertz CT molecular complexity index is 591. The quantitative estimate of drug-likeness (QED) is 0.387. The Labute approximate surface area is 135 Å². The van der Waals surface area contributed by atoms with Gasteiger partial charge < -0.3 is 24.9 Å². The van der Waals surface area contributed by atoms with E-state index in [2.05, 4.69) is 21.3 Å². The van der Waals surface area contributed by atoms with E-state index in [0.717, 1.165) is 16.7 Å². The topological polar surface area (TPSA) is 78.8 Å². The molecular weight excluding hydrogens is 232 g/mol. The van der Waals surface area contributed by atoms with Crippen LogP contribution in [0.15, 0.2) is 18.2 Å². The van der Waals surface area contributed by atoms with E-state index in [-0.39, 0.29) is 37.7 Å². The zero-order chi connectivity index (χ0) is 12.4. The van der Waals surface area contributed by atoms with Crippen LogP contribution < -0.4 is 42.8 Å². The minimum atomic E-state index is -1.43. The van der Waals surface area contributed by atoms with Crippen LogP contribution >= 0.6 is 0 Å². The SMILES string of the molecule is Cc1ccc(C)c(-c2n[c-]nc(C(=O)[O-])n2)c1.[Li+].[Li+]. The Hall–Kier alpha value is -1.11. The number of carboxylic acids is 1. The summed E-state index contributed by atoms with van der Waals surface area (Å²) in [5, 5.41) is 10.7. The van der Waals surface area contributed by atoms with Gasteiger partial charge in [-0.25, -0.2) is 0 Å². The number of aryl methyl sites for hydroxylation is 2. The van der Waals surface area contributed by atoms with Gasteiger partial charge >= 0.3 is 37.7 Å². The molecule has 0 saturated heterocycles. The first-order valence-electron chi connectivity index (χ1n) is 4.99. The molecule has 1 aromatic carbocycles. The molecule has 0 saturated carbocycles. The van der Waals surface area contributed by atoms with E-state index in [0.29, 0.717) is 5.82 Å². The molecule has 0 unspecified atom stereocenters. The first-order chi connectivity index (χ1) is 8.08. The summed E-state index contributed by atoms with van der Waals surface area (Å²) in [6.45, 7) is 3.84. The van der Waals surface area contributed by atoms with E-state index in [1.54, 1.807) is 0 Å². The molecule has 1 heterocycles. The van der Waals surface area contributed by atoms with Crippen molar-refractivity contribution in [3.8, 4) is 11.4 Å². The molecule has 0 bridgehead atoms. The zero-order valence-electron chi connectivity index (χ0n) is 11.4. The summed E-state index contributed by atoms with van der Waals surface area (Å²) in [4.78, 5) is 21.7. The molecule has 0 spiro atoms. The van der Waals surface area contributed by atoms with Gasteiger partial charge in [0.15, 0.2) is 0 Å². The van der Waals surface area contributed by atoms with Gasteiger partial charge in [0.25, 0.3) is 0 Å². The molecule has 2 aromatic rings. The molecule has 0 aliphatic rings. The van der Waals surface area contributed by atoms with Crippen LogP contribution in [0.25, 0.3) is 11.4 Å². The molecular formula is C12H9Li2N3O2. The number of carbonyl (C=O) groups excluding carboxylic acids is 1. The van der Waals surface area contributed by atoms with Crippen molar-refractivity contribution < 1.29 is 47.6 Å². The van der Waals surface area contributed by atoms with Gasteiger partial charge in [-0.2, -0.15) is 0 Å². The summed E-state index contributed by atoms with van der Waals surface area (Å²) in [6, 6.07) is 5.77. The Kier molecular flexibility index (Phi) is 7.04. The summed E-state index contributed by atoms with van der Waals surface area (Å²) >= 11 is 0. The van der Waals surface area contributed by atoms with E-state index in [9.17, 15) is 9.90 Å². The van der Waals surface area contributed by atoms with Gasteiger partial charge in [-0.05, 0) is 19.4 Å². The summed E-state index contributed by atoms with van der Waals surface area (Å²) < 4.78 is 0. The molecule has 1 aromatic heterocycles. The maximum atomic E-state index is 10.7. The number of hydrogen-bond acceptors (Lipinski definition) is 5. The average molecular weight is 241 g/mol. The van der Waals surface area contributed by atoms with Gasteiger partial charge in [-0.1, -0.05) is 29.3 Å². The maximum Gasteiger partial charge on any atom is 1.00 e. The van der Waals surface area contributed by atoms with Crippen LogP contribution in [0, 0.1) is 20.2 Å². The fraction of sp³-hybridized carbons (Fsp3) is 0.167. The summed E-state index contributed by atoms with van der Waals surface area (Å²) in [5.41, 5.74) is 2.77. The molecule has 0 amide bonds. The van der Waals surface area contributed by atoms with Crippen LogP contribution in [0.3, 0.4) is 0 Å². The van der Waals surface area contributed by atoms with E-state index >= 15 is 0 Å². The standard InChI is InChI=1S/C12H10N3O2.2Li/c1-7-3-4-8(2)9(5-7)10-13-6-14-11(15-10)12(16)17;;/h3-5H,1-2H3,(H,16,17);;/q-1;2*+1/p-1. The van der Waals surface area contributed by atoms with E-state index in [1.807, 2.05) is 32.0 Å². The second kappa shape index (κ2) is 7.48. The Balaban J connectivity index is 0.00000162. The summed E-state index contributed by atoms with van der Waals surface area (Å²) in [5.74, 6) is -1.55. The average Bonchev–Trinajstić information content (AvgIpc) is 2.32. The minimum absolute atomic E-state index is 0. The summed E-state index contributed by atoms with van der Waals surface area (Å²) in [7, 11) is 0. The molecule has 7 heteroatoms. The molecule has 0 aliphatic heterocycles. The van der Waals surface area contributed by atoms with Crippen LogP contribution in [0.1, 0.15) is 21.7 Å². The first kappa shape index (κ1) is 17.9. The molecule has 2 rings (SSSR count). The Morgan fingerprint density at radius 3 is 2.53 bits per heavy atom. The third kappa shape index (κ3) is 4.19. The fourth-order valence-corrected chi connectivity index (χ4v) is 1.46. The first-order valence-corrected chi connectivity index (χ1v) is 4.99. The number of carbonyl (C=O) groups is 1. The second-order valence-corrected chi connectivity index (χ2v) is 3.69. The number of aromatic nitrogens is 3. The van der Waals surface area contributed by atoms with Crippen LogP contribution in [0.4, 0.5) is 0 Å². The van der Waals surface area contributed by atoms with Gasteiger partial charge in [0.1, 0.15) is 0 Å². The third-order valence-electron chi connectivity index (χ3n) is 2.34. The molecule has 86 valence electrons. The smallest absolute Gasteiger partial charge is 0.556 e.